The lowest BCUT2D eigenvalue weighted by Gasteiger charge is -2.42. The number of benzene rings is 2. The maximum Gasteiger partial charge on any atom is 0.126 e. The van der Waals surface area contributed by atoms with E-state index in [1.54, 1.807) is 12.1 Å². The van der Waals surface area contributed by atoms with Crippen LogP contribution in [-0.4, -0.2) is 29.7 Å². The van der Waals surface area contributed by atoms with Gasteiger partial charge in [-0.05, 0) is 37.6 Å². The molecule has 2 aromatic carbocycles. The topological polar surface area (TPSA) is 23.5 Å². The van der Waals surface area contributed by atoms with Gasteiger partial charge in [-0.25, -0.2) is 4.39 Å². The molecule has 3 atom stereocenters. The van der Waals surface area contributed by atoms with Crippen molar-refractivity contribution in [3.63, 3.8) is 0 Å². The average Bonchev–Trinajstić information content (AvgIpc) is 2.51. The normalized spacial score (nSPS) is 26.1. The van der Waals surface area contributed by atoms with Crippen molar-refractivity contribution in [3.05, 3.63) is 71.0 Å². The lowest BCUT2D eigenvalue weighted by molar-refractivity contribution is 0.0286. The highest BCUT2D eigenvalue weighted by molar-refractivity contribution is 5.32. The lowest BCUT2D eigenvalue weighted by atomic mass is 9.78. The minimum absolute atomic E-state index is 0.0127. The van der Waals surface area contributed by atoms with Gasteiger partial charge in [-0.1, -0.05) is 48.0 Å². The van der Waals surface area contributed by atoms with E-state index in [1.807, 2.05) is 13.1 Å². The maximum atomic E-state index is 14.3. The number of hydrogen-bond donors (Lipinski definition) is 1. The van der Waals surface area contributed by atoms with Crippen LogP contribution in [0.4, 0.5) is 4.39 Å². The summed E-state index contributed by atoms with van der Waals surface area (Å²) in [5, 5.41) is 10.6. The molecule has 1 heterocycles. The van der Waals surface area contributed by atoms with Gasteiger partial charge in [-0.3, -0.25) is 4.90 Å². The third kappa shape index (κ3) is 2.79. The molecule has 0 amide bonds. The van der Waals surface area contributed by atoms with Gasteiger partial charge in [0.05, 0.1) is 6.10 Å². The maximum absolute atomic E-state index is 14.3. The molecular weight excluding hydrogens is 277 g/mol. The Labute approximate surface area is 131 Å². The summed E-state index contributed by atoms with van der Waals surface area (Å²) in [5.41, 5.74) is 2.93. The fourth-order valence-electron chi connectivity index (χ4n) is 3.49. The summed E-state index contributed by atoms with van der Waals surface area (Å²) in [4.78, 5) is 2.22. The van der Waals surface area contributed by atoms with Crippen LogP contribution >= 0.6 is 0 Å². The third-order valence-corrected chi connectivity index (χ3v) is 4.69. The van der Waals surface area contributed by atoms with E-state index in [9.17, 15) is 9.50 Å². The first-order valence-corrected chi connectivity index (χ1v) is 7.77. The van der Waals surface area contributed by atoms with Crippen LogP contribution in [0.3, 0.4) is 0 Å². The predicted octanol–water partition coefficient (Wildman–Crippen LogP) is 3.66. The van der Waals surface area contributed by atoms with E-state index in [-0.39, 0.29) is 17.8 Å². The van der Waals surface area contributed by atoms with Crippen molar-refractivity contribution < 1.29 is 9.50 Å². The fourth-order valence-corrected chi connectivity index (χ4v) is 3.49. The molecule has 22 heavy (non-hydrogen) atoms. The molecule has 3 rings (SSSR count). The van der Waals surface area contributed by atoms with Crippen molar-refractivity contribution in [2.24, 2.45) is 0 Å². The van der Waals surface area contributed by atoms with Gasteiger partial charge in [0.2, 0.25) is 0 Å². The Kier molecular flexibility index (Phi) is 4.27. The average molecular weight is 299 g/mol. The van der Waals surface area contributed by atoms with Crippen LogP contribution in [0.1, 0.15) is 35.1 Å². The van der Waals surface area contributed by atoms with E-state index in [1.165, 1.54) is 11.6 Å². The largest absolute Gasteiger partial charge is 0.392 e. The van der Waals surface area contributed by atoms with E-state index in [4.69, 9.17) is 0 Å². The SMILES string of the molecule is Cc1ccc(C2C(c3ccccc3F)C(O)CCN2C)cc1. The van der Waals surface area contributed by atoms with E-state index >= 15 is 0 Å². The highest BCUT2D eigenvalue weighted by atomic mass is 19.1. The number of likely N-dealkylation sites (tertiary alicyclic amines) is 1. The number of piperidine rings is 1. The van der Waals surface area contributed by atoms with Crippen molar-refractivity contribution in [2.75, 3.05) is 13.6 Å². The van der Waals surface area contributed by atoms with Crippen molar-refractivity contribution in [1.29, 1.82) is 0 Å². The molecule has 0 aliphatic carbocycles. The molecule has 0 bridgehead atoms. The summed E-state index contributed by atoms with van der Waals surface area (Å²) in [6.45, 7) is 2.86. The minimum Gasteiger partial charge on any atom is -0.392 e. The van der Waals surface area contributed by atoms with Crippen LogP contribution in [0.5, 0.6) is 0 Å². The molecule has 0 aromatic heterocycles. The summed E-state index contributed by atoms with van der Waals surface area (Å²) in [6, 6.07) is 15.1. The van der Waals surface area contributed by atoms with Gasteiger partial charge in [0.15, 0.2) is 0 Å². The van der Waals surface area contributed by atoms with Crippen molar-refractivity contribution in [3.8, 4) is 0 Å². The zero-order valence-electron chi connectivity index (χ0n) is 13.0. The standard InChI is InChI=1S/C19H22FNO/c1-13-7-9-14(10-8-13)19-18(17(22)11-12-21(19)2)15-5-3-4-6-16(15)20/h3-10,17-19,22H,11-12H2,1-2H3. The van der Waals surface area contributed by atoms with Crippen molar-refractivity contribution >= 4 is 0 Å². The number of rotatable bonds is 2. The van der Waals surface area contributed by atoms with E-state index < -0.39 is 6.10 Å². The highest BCUT2D eigenvalue weighted by Crippen LogP contribution is 2.42. The van der Waals surface area contributed by atoms with E-state index in [0.29, 0.717) is 12.0 Å². The Balaban J connectivity index is 2.06. The molecule has 2 aromatic rings. The zero-order valence-corrected chi connectivity index (χ0v) is 13.0. The Morgan fingerprint density at radius 1 is 1.09 bits per heavy atom. The van der Waals surface area contributed by atoms with Gasteiger partial charge >= 0.3 is 0 Å². The predicted molar refractivity (Wildman–Crippen MR) is 86.3 cm³/mol. The quantitative estimate of drug-likeness (QED) is 0.915. The van der Waals surface area contributed by atoms with Gasteiger partial charge in [-0.15, -0.1) is 0 Å². The Bertz CT molecular complexity index is 640. The monoisotopic (exact) mass is 299 g/mol. The minimum atomic E-state index is -0.528. The Morgan fingerprint density at radius 3 is 2.45 bits per heavy atom. The molecule has 3 heteroatoms. The summed E-state index contributed by atoms with van der Waals surface area (Å²) >= 11 is 0. The Hall–Kier alpha value is -1.71. The van der Waals surface area contributed by atoms with E-state index in [0.717, 1.165) is 12.1 Å². The molecule has 1 aliphatic heterocycles. The first kappa shape index (κ1) is 15.2. The van der Waals surface area contributed by atoms with Crippen LogP contribution in [0, 0.1) is 12.7 Å². The van der Waals surface area contributed by atoms with Gasteiger partial charge < -0.3 is 5.11 Å². The molecule has 0 saturated carbocycles. The molecule has 1 fully saturated rings. The summed E-state index contributed by atoms with van der Waals surface area (Å²) in [6.07, 6.45) is 0.136. The second kappa shape index (κ2) is 6.19. The van der Waals surface area contributed by atoms with Gasteiger partial charge in [0.1, 0.15) is 5.82 Å². The van der Waals surface area contributed by atoms with E-state index in [2.05, 4.69) is 36.1 Å². The molecule has 1 saturated heterocycles. The van der Waals surface area contributed by atoms with Crippen molar-refractivity contribution in [1.82, 2.24) is 4.90 Å². The molecule has 1 N–H and O–H groups in total. The van der Waals surface area contributed by atoms with Crippen LogP contribution in [0.25, 0.3) is 0 Å². The number of aryl methyl sites for hydroxylation is 1. The molecule has 3 unspecified atom stereocenters. The number of aliphatic hydroxyl groups is 1. The molecule has 0 radical (unpaired) electrons. The first-order chi connectivity index (χ1) is 10.6. The number of likely N-dealkylation sites (N-methyl/N-ethyl adjacent to an activating group) is 1. The molecule has 0 spiro atoms. The smallest absolute Gasteiger partial charge is 0.126 e. The fraction of sp³-hybridized carbons (Fsp3) is 0.368. The number of hydrogen-bond acceptors (Lipinski definition) is 2. The second-order valence-corrected chi connectivity index (χ2v) is 6.24. The molecular formula is C19H22FNO. The third-order valence-electron chi connectivity index (χ3n) is 4.69. The summed E-state index contributed by atoms with van der Waals surface area (Å²) in [7, 11) is 2.05. The van der Waals surface area contributed by atoms with Gasteiger partial charge in [0, 0.05) is 18.5 Å². The van der Waals surface area contributed by atoms with Crippen molar-refractivity contribution in [2.45, 2.75) is 31.4 Å². The number of aliphatic hydroxyl groups excluding tert-OH is 1. The first-order valence-electron chi connectivity index (χ1n) is 7.77. The molecule has 116 valence electrons. The van der Waals surface area contributed by atoms with Crippen LogP contribution in [-0.2, 0) is 0 Å². The lowest BCUT2D eigenvalue weighted by Crippen LogP contribution is -2.42. The van der Waals surface area contributed by atoms with Gasteiger partial charge in [0.25, 0.3) is 0 Å². The van der Waals surface area contributed by atoms with Crippen LogP contribution in [0.15, 0.2) is 48.5 Å². The van der Waals surface area contributed by atoms with Crippen LogP contribution < -0.4 is 0 Å². The zero-order chi connectivity index (χ0) is 15.7. The number of halogens is 1. The molecule has 1 aliphatic rings. The number of nitrogens with zero attached hydrogens (tertiary/aromatic N) is 1. The van der Waals surface area contributed by atoms with Gasteiger partial charge in [-0.2, -0.15) is 0 Å². The second-order valence-electron chi connectivity index (χ2n) is 6.24. The van der Waals surface area contributed by atoms with Crippen LogP contribution in [0.2, 0.25) is 0 Å². The Morgan fingerprint density at radius 2 is 1.77 bits per heavy atom. The molecule has 2 nitrogen and oxygen atoms in total. The summed E-state index contributed by atoms with van der Waals surface area (Å²) in [5.74, 6) is -0.485. The summed E-state index contributed by atoms with van der Waals surface area (Å²) < 4.78 is 14.3. The highest BCUT2D eigenvalue weighted by Gasteiger charge is 2.38.